The lowest BCUT2D eigenvalue weighted by Crippen LogP contribution is -2.44. The molecule has 1 aliphatic heterocycles. The van der Waals surface area contributed by atoms with Crippen LogP contribution in [0.3, 0.4) is 0 Å². The number of halogens is 3. The summed E-state index contributed by atoms with van der Waals surface area (Å²) in [5, 5.41) is 10.3. The molecule has 5 rings (SSSR count). The number of anilines is 1. The van der Waals surface area contributed by atoms with Gasteiger partial charge in [-0.25, -0.2) is 9.97 Å². The molecular formula is C36H41F3N8O5. The SMILES string of the molecule is CNC(=O)CCCCCCc1cc(-c2cnc(C)nc2)cc2c(C(C)=O)nn(CC(=O)N3C[C@@H](C)C[C@H]3C(=O)Nc3cccc(OC(F)(F)F)n3)c12. The molecule has 1 fully saturated rings. The minimum atomic E-state index is -4.96. The van der Waals surface area contributed by atoms with Gasteiger partial charge in [0.05, 0.1) is 5.52 Å². The standard InChI is InChI=1S/C36H41F3N8O5/c1-21-14-28(35(51)44-29-11-9-13-31(43-29)52-36(37,38)39)46(19-21)32(50)20-47-34-24(10-7-5-6-8-12-30(49)40-4)15-25(26-17-41-23(3)42-18-26)16-27(34)33(45-47)22(2)48/h9,11,13,15-18,21,28H,5-8,10,12,14,19-20H2,1-4H3,(H,40,49)(H,43,44,51)/t21-,28-/m0/s1. The fourth-order valence-electron chi connectivity index (χ4n) is 6.42. The maximum absolute atomic E-state index is 14.0. The van der Waals surface area contributed by atoms with Crippen molar-refractivity contribution < 1.29 is 37.1 Å². The van der Waals surface area contributed by atoms with Crippen molar-refractivity contribution in [2.45, 2.75) is 84.7 Å². The first-order valence-electron chi connectivity index (χ1n) is 17.1. The van der Waals surface area contributed by atoms with E-state index in [4.69, 9.17) is 0 Å². The van der Waals surface area contributed by atoms with Crippen LogP contribution >= 0.6 is 0 Å². The maximum atomic E-state index is 14.0. The van der Waals surface area contributed by atoms with Crippen molar-refractivity contribution >= 4 is 40.2 Å². The molecule has 0 aliphatic carbocycles. The molecule has 4 heterocycles. The lowest BCUT2D eigenvalue weighted by Gasteiger charge is -2.24. The van der Waals surface area contributed by atoms with Gasteiger partial charge in [-0.3, -0.25) is 23.9 Å². The molecule has 4 aromatic rings. The number of likely N-dealkylation sites (tertiary alicyclic amines) is 1. The molecular weight excluding hydrogens is 681 g/mol. The Bertz CT molecular complexity index is 1950. The van der Waals surface area contributed by atoms with E-state index in [9.17, 15) is 32.3 Å². The summed E-state index contributed by atoms with van der Waals surface area (Å²) in [6.07, 6.45) is 3.07. The third-order valence-electron chi connectivity index (χ3n) is 8.86. The van der Waals surface area contributed by atoms with Crippen LogP contribution < -0.4 is 15.4 Å². The molecule has 0 spiro atoms. The first-order chi connectivity index (χ1) is 24.7. The number of unbranched alkanes of at least 4 members (excludes halogenated alkanes) is 3. The zero-order valence-corrected chi connectivity index (χ0v) is 29.4. The zero-order chi connectivity index (χ0) is 37.6. The molecule has 0 radical (unpaired) electrons. The number of carbonyl (C=O) groups excluding carboxylic acids is 4. The molecule has 16 heteroatoms. The van der Waals surface area contributed by atoms with E-state index in [2.05, 4.69) is 35.4 Å². The Balaban J connectivity index is 1.42. The molecule has 276 valence electrons. The fourth-order valence-corrected chi connectivity index (χ4v) is 6.42. The number of aromatic nitrogens is 5. The van der Waals surface area contributed by atoms with Crippen molar-refractivity contribution in [2.75, 3.05) is 18.9 Å². The topological polar surface area (TPSA) is 161 Å². The summed E-state index contributed by atoms with van der Waals surface area (Å²) in [6, 6.07) is 6.52. The molecule has 0 saturated carbocycles. The van der Waals surface area contributed by atoms with Gasteiger partial charge in [-0.1, -0.05) is 25.8 Å². The molecule has 52 heavy (non-hydrogen) atoms. The van der Waals surface area contributed by atoms with Crippen LogP contribution in [0.1, 0.15) is 74.2 Å². The molecule has 1 aromatic carbocycles. The van der Waals surface area contributed by atoms with Crippen LogP contribution in [0.15, 0.2) is 42.7 Å². The van der Waals surface area contributed by atoms with E-state index in [1.807, 2.05) is 19.1 Å². The first-order valence-corrected chi connectivity index (χ1v) is 17.1. The Morgan fingerprint density at radius 1 is 1.02 bits per heavy atom. The fraction of sp³-hybridized carbons (Fsp3) is 0.444. The number of Topliss-reactive ketones (excluding diaryl/α,β-unsaturated/α-hetero) is 1. The minimum Gasteiger partial charge on any atom is -0.388 e. The highest BCUT2D eigenvalue weighted by atomic mass is 19.4. The highest BCUT2D eigenvalue weighted by molar-refractivity contribution is 6.07. The van der Waals surface area contributed by atoms with Crippen molar-refractivity contribution in [2.24, 2.45) is 5.92 Å². The van der Waals surface area contributed by atoms with Gasteiger partial charge in [0, 0.05) is 56.3 Å². The van der Waals surface area contributed by atoms with Crippen molar-refractivity contribution in [3.8, 4) is 17.0 Å². The predicted octanol–water partition coefficient (Wildman–Crippen LogP) is 5.41. The second-order valence-electron chi connectivity index (χ2n) is 13.0. The average molecular weight is 723 g/mol. The average Bonchev–Trinajstić information content (AvgIpc) is 3.66. The number of nitrogens with zero attached hydrogens (tertiary/aromatic N) is 6. The van der Waals surface area contributed by atoms with Gasteiger partial charge >= 0.3 is 6.36 Å². The number of hydrogen-bond donors (Lipinski definition) is 2. The number of pyridine rings is 1. The highest BCUT2D eigenvalue weighted by Crippen LogP contribution is 2.32. The van der Waals surface area contributed by atoms with Crippen molar-refractivity contribution in [1.82, 2.24) is 34.9 Å². The largest absolute Gasteiger partial charge is 0.574 e. The lowest BCUT2D eigenvalue weighted by atomic mass is 9.96. The summed E-state index contributed by atoms with van der Waals surface area (Å²) in [6.45, 7) is 5.09. The summed E-state index contributed by atoms with van der Waals surface area (Å²) < 4.78 is 43.6. The number of benzene rings is 1. The normalized spacial score (nSPS) is 15.9. The molecule has 1 saturated heterocycles. The minimum absolute atomic E-state index is 0.00595. The third-order valence-corrected chi connectivity index (χ3v) is 8.86. The first kappa shape index (κ1) is 37.8. The van der Waals surface area contributed by atoms with Gasteiger partial charge in [0.2, 0.25) is 23.6 Å². The quantitative estimate of drug-likeness (QED) is 0.128. The Hall–Kier alpha value is -5.41. The van der Waals surface area contributed by atoms with Gasteiger partial charge < -0.3 is 20.3 Å². The number of amides is 3. The molecule has 3 amide bonds. The molecule has 13 nitrogen and oxygen atoms in total. The molecule has 0 unspecified atom stereocenters. The smallest absolute Gasteiger partial charge is 0.388 e. The predicted molar refractivity (Wildman–Crippen MR) is 185 cm³/mol. The van der Waals surface area contributed by atoms with Crippen LogP contribution in [0.25, 0.3) is 22.0 Å². The van der Waals surface area contributed by atoms with Gasteiger partial charge in [-0.2, -0.15) is 10.1 Å². The van der Waals surface area contributed by atoms with Gasteiger partial charge in [0.1, 0.15) is 29.9 Å². The van der Waals surface area contributed by atoms with Crippen LogP contribution in [0.5, 0.6) is 5.88 Å². The van der Waals surface area contributed by atoms with Crippen LogP contribution in [-0.2, 0) is 27.3 Å². The number of hydrogen-bond acceptors (Lipinski definition) is 9. The number of aryl methyl sites for hydroxylation is 2. The number of alkyl halides is 3. The van der Waals surface area contributed by atoms with E-state index in [1.165, 1.54) is 28.6 Å². The van der Waals surface area contributed by atoms with Crippen LogP contribution in [-0.4, -0.2) is 79.1 Å². The second-order valence-corrected chi connectivity index (χ2v) is 13.0. The highest BCUT2D eigenvalue weighted by Gasteiger charge is 2.38. The summed E-state index contributed by atoms with van der Waals surface area (Å²) >= 11 is 0. The summed E-state index contributed by atoms with van der Waals surface area (Å²) in [5.74, 6) is -1.64. The van der Waals surface area contributed by atoms with E-state index in [0.29, 0.717) is 36.0 Å². The van der Waals surface area contributed by atoms with Crippen molar-refractivity contribution in [3.63, 3.8) is 0 Å². The van der Waals surface area contributed by atoms with Gasteiger partial charge in [-0.05, 0) is 67.9 Å². The lowest BCUT2D eigenvalue weighted by molar-refractivity contribution is -0.276. The Kier molecular flexibility index (Phi) is 11.9. The summed E-state index contributed by atoms with van der Waals surface area (Å²) in [5.41, 5.74) is 3.23. The number of fused-ring (bicyclic) bond motifs is 1. The van der Waals surface area contributed by atoms with Gasteiger partial charge in [-0.15, -0.1) is 13.2 Å². The van der Waals surface area contributed by atoms with E-state index in [-0.39, 0.29) is 42.2 Å². The second kappa shape index (κ2) is 16.3. The number of rotatable bonds is 14. The molecule has 2 atom stereocenters. The van der Waals surface area contributed by atoms with Gasteiger partial charge in [0.15, 0.2) is 5.78 Å². The van der Waals surface area contributed by atoms with Crippen LogP contribution in [0.4, 0.5) is 19.0 Å². The number of ether oxygens (including phenoxy) is 1. The zero-order valence-electron chi connectivity index (χ0n) is 29.4. The van der Waals surface area contributed by atoms with E-state index in [0.717, 1.165) is 48.4 Å². The number of nitrogens with one attached hydrogen (secondary N) is 2. The van der Waals surface area contributed by atoms with Crippen LogP contribution in [0.2, 0.25) is 0 Å². The Morgan fingerprint density at radius 3 is 2.44 bits per heavy atom. The monoisotopic (exact) mass is 722 g/mol. The van der Waals surface area contributed by atoms with E-state index < -0.39 is 30.1 Å². The van der Waals surface area contributed by atoms with Gasteiger partial charge in [0.25, 0.3) is 0 Å². The number of carbonyl (C=O) groups is 4. The number of ketones is 1. The summed E-state index contributed by atoms with van der Waals surface area (Å²) in [4.78, 5) is 65.8. The van der Waals surface area contributed by atoms with E-state index in [1.54, 1.807) is 26.4 Å². The van der Waals surface area contributed by atoms with Crippen LogP contribution in [0, 0.1) is 12.8 Å². The van der Waals surface area contributed by atoms with E-state index >= 15 is 0 Å². The summed E-state index contributed by atoms with van der Waals surface area (Å²) in [7, 11) is 1.61. The third kappa shape index (κ3) is 9.47. The van der Waals surface area contributed by atoms with Crippen molar-refractivity contribution in [3.05, 3.63) is 59.8 Å². The molecule has 0 bridgehead atoms. The Morgan fingerprint density at radius 2 is 1.75 bits per heavy atom. The molecule has 1 aliphatic rings. The molecule has 2 N–H and O–H groups in total. The molecule has 3 aromatic heterocycles. The van der Waals surface area contributed by atoms with Crippen molar-refractivity contribution in [1.29, 1.82) is 0 Å². The Labute approximate surface area is 298 Å². The maximum Gasteiger partial charge on any atom is 0.574 e.